The van der Waals surface area contributed by atoms with Gasteiger partial charge in [-0.1, -0.05) is 12.1 Å². The number of aromatic nitrogens is 2. The summed E-state index contributed by atoms with van der Waals surface area (Å²) in [4.78, 5) is 4.86. The van der Waals surface area contributed by atoms with Crippen LogP contribution in [0.1, 0.15) is 30.5 Å². The summed E-state index contributed by atoms with van der Waals surface area (Å²) in [6.45, 7) is 4.07. The number of aliphatic imine (C=N–C) groups is 1. The van der Waals surface area contributed by atoms with Crippen molar-refractivity contribution in [2.24, 2.45) is 4.99 Å². The van der Waals surface area contributed by atoms with Crippen molar-refractivity contribution in [3.63, 3.8) is 0 Å². The van der Waals surface area contributed by atoms with Crippen LogP contribution in [0.2, 0.25) is 0 Å². The van der Waals surface area contributed by atoms with Crippen molar-refractivity contribution >= 4 is 11.2 Å². The summed E-state index contributed by atoms with van der Waals surface area (Å²) in [5.41, 5.74) is 4.04. The molecule has 0 atom stereocenters. The van der Waals surface area contributed by atoms with Gasteiger partial charge in [0, 0.05) is 23.7 Å². The van der Waals surface area contributed by atoms with E-state index in [1.165, 1.54) is 6.07 Å². The van der Waals surface area contributed by atoms with Gasteiger partial charge in [-0.25, -0.2) is 8.91 Å². The van der Waals surface area contributed by atoms with Gasteiger partial charge in [0.05, 0.1) is 23.0 Å². The van der Waals surface area contributed by atoms with Gasteiger partial charge >= 0.3 is 0 Å². The van der Waals surface area contributed by atoms with Crippen molar-refractivity contribution in [3.8, 4) is 0 Å². The molecule has 1 aromatic carbocycles. The van der Waals surface area contributed by atoms with E-state index in [1.807, 2.05) is 48.8 Å². The van der Waals surface area contributed by atoms with E-state index < -0.39 is 0 Å². The van der Waals surface area contributed by atoms with Crippen LogP contribution in [0.5, 0.6) is 0 Å². The molecule has 22 heavy (non-hydrogen) atoms. The first-order valence-corrected chi connectivity index (χ1v) is 7.35. The molecule has 1 aliphatic heterocycles. The van der Waals surface area contributed by atoms with E-state index in [-0.39, 0.29) is 11.4 Å². The Morgan fingerprint density at radius 1 is 1.18 bits per heavy atom. The second-order valence-corrected chi connectivity index (χ2v) is 6.34. The van der Waals surface area contributed by atoms with Crippen LogP contribution in [0, 0.1) is 5.82 Å². The molecule has 0 bridgehead atoms. The molecular formula is C18H16FN3. The third-order valence-electron chi connectivity index (χ3n) is 4.05. The maximum atomic E-state index is 14.2. The number of halogens is 1. The Morgan fingerprint density at radius 3 is 2.91 bits per heavy atom. The smallest absolute Gasteiger partial charge is 0.127 e. The highest BCUT2D eigenvalue weighted by atomic mass is 19.1. The highest BCUT2D eigenvalue weighted by Crippen LogP contribution is 2.31. The minimum Gasteiger partial charge on any atom is -0.278 e. The predicted octanol–water partition coefficient (Wildman–Crippen LogP) is 3.65. The second-order valence-electron chi connectivity index (χ2n) is 6.34. The number of hydrogen-bond acceptors (Lipinski definition) is 2. The molecule has 4 heteroatoms. The Bertz CT molecular complexity index is 906. The lowest BCUT2D eigenvalue weighted by Crippen LogP contribution is -2.30. The van der Waals surface area contributed by atoms with Gasteiger partial charge in [-0.05, 0) is 43.7 Å². The first kappa shape index (κ1) is 13.2. The highest BCUT2D eigenvalue weighted by Gasteiger charge is 2.29. The number of hydrogen-bond donors (Lipinski definition) is 0. The van der Waals surface area contributed by atoms with Crippen molar-refractivity contribution in [1.82, 2.24) is 9.61 Å². The van der Waals surface area contributed by atoms with Gasteiger partial charge < -0.3 is 0 Å². The molecule has 0 unspecified atom stereocenters. The monoisotopic (exact) mass is 293 g/mol. The normalized spacial score (nSPS) is 16.4. The van der Waals surface area contributed by atoms with Crippen LogP contribution in [0.15, 0.2) is 53.8 Å². The average molecular weight is 293 g/mol. The molecular weight excluding hydrogens is 277 g/mol. The van der Waals surface area contributed by atoms with Crippen LogP contribution in [-0.2, 0) is 6.42 Å². The Hall–Kier alpha value is -2.49. The lowest BCUT2D eigenvalue weighted by atomic mass is 9.85. The van der Waals surface area contributed by atoms with E-state index in [1.54, 1.807) is 12.3 Å². The first-order valence-electron chi connectivity index (χ1n) is 7.35. The van der Waals surface area contributed by atoms with Gasteiger partial charge in [0.2, 0.25) is 0 Å². The minimum atomic E-state index is -0.321. The zero-order valence-corrected chi connectivity index (χ0v) is 12.5. The summed E-state index contributed by atoms with van der Waals surface area (Å²) >= 11 is 0. The summed E-state index contributed by atoms with van der Waals surface area (Å²) in [6, 6.07) is 11.2. The van der Waals surface area contributed by atoms with Gasteiger partial charge in [0.25, 0.3) is 0 Å². The minimum absolute atomic E-state index is 0.158. The molecule has 3 aromatic rings. The molecule has 3 nitrogen and oxygen atoms in total. The molecule has 0 aliphatic carbocycles. The molecule has 2 aromatic heterocycles. The molecule has 0 amide bonds. The number of benzene rings is 1. The SMILES string of the molecule is CC1(C)Cc2c(F)cccc2C(c2cnn3cccc3c2)=N1. The van der Waals surface area contributed by atoms with Gasteiger partial charge in [0.15, 0.2) is 0 Å². The van der Waals surface area contributed by atoms with Crippen LogP contribution in [0.25, 0.3) is 5.52 Å². The van der Waals surface area contributed by atoms with Crippen molar-refractivity contribution in [2.45, 2.75) is 25.8 Å². The van der Waals surface area contributed by atoms with E-state index in [0.29, 0.717) is 6.42 Å². The summed E-state index contributed by atoms with van der Waals surface area (Å²) in [5.74, 6) is -0.158. The summed E-state index contributed by atoms with van der Waals surface area (Å²) in [6.07, 6.45) is 4.31. The fraction of sp³-hybridized carbons (Fsp3) is 0.222. The van der Waals surface area contributed by atoms with Crippen molar-refractivity contribution in [3.05, 3.63) is 71.3 Å². The molecule has 1 aliphatic rings. The van der Waals surface area contributed by atoms with Crippen LogP contribution in [0.3, 0.4) is 0 Å². The van der Waals surface area contributed by atoms with E-state index in [4.69, 9.17) is 4.99 Å². The van der Waals surface area contributed by atoms with Gasteiger partial charge in [-0.15, -0.1) is 0 Å². The Kier molecular flexibility index (Phi) is 2.70. The van der Waals surface area contributed by atoms with Gasteiger partial charge in [-0.3, -0.25) is 4.99 Å². The maximum Gasteiger partial charge on any atom is 0.127 e. The molecule has 0 saturated carbocycles. The Labute approximate surface area is 128 Å². The highest BCUT2D eigenvalue weighted by molar-refractivity contribution is 6.14. The van der Waals surface area contributed by atoms with E-state index in [0.717, 1.165) is 27.9 Å². The maximum absolute atomic E-state index is 14.2. The van der Waals surface area contributed by atoms with E-state index >= 15 is 0 Å². The number of rotatable bonds is 1. The second kappa shape index (κ2) is 4.50. The van der Waals surface area contributed by atoms with E-state index in [2.05, 4.69) is 5.10 Å². The molecule has 0 saturated heterocycles. The van der Waals surface area contributed by atoms with Crippen molar-refractivity contribution in [1.29, 1.82) is 0 Å². The fourth-order valence-corrected chi connectivity index (χ4v) is 3.07. The standard InChI is InChI=1S/C18H16FN3/c1-18(2)10-15-14(6-3-7-16(15)19)17(21-18)12-9-13-5-4-8-22(13)20-11-12/h3-9,11H,10H2,1-2H3. The van der Waals surface area contributed by atoms with Gasteiger partial charge in [0.1, 0.15) is 5.82 Å². The quantitative estimate of drug-likeness (QED) is 0.673. The molecule has 3 heterocycles. The van der Waals surface area contributed by atoms with Crippen LogP contribution < -0.4 is 0 Å². The van der Waals surface area contributed by atoms with Crippen LogP contribution in [0.4, 0.5) is 4.39 Å². The Balaban J connectivity index is 1.96. The fourth-order valence-electron chi connectivity index (χ4n) is 3.07. The zero-order valence-electron chi connectivity index (χ0n) is 12.5. The molecule has 0 N–H and O–H groups in total. The lowest BCUT2D eigenvalue weighted by Gasteiger charge is -2.29. The van der Waals surface area contributed by atoms with Crippen molar-refractivity contribution in [2.75, 3.05) is 0 Å². The zero-order chi connectivity index (χ0) is 15.3. The summed E-state index contributed by atoms with van der Waals surface area (Å²) < 4.78 is 16.0. The predicted molar refractivity (Wildman–Crippen MR) is 85.0 cm³/mol. The number of fused-ring (bicyclic) bond motifs is 2. The summed E-state index contributed by atoms with van der Waals surface area (Å²) in [5, 5.41) is 4.40. The molecule has 4 rings (SSSR count). The number of nitrogens with zero attached hydrogens (tertiary/aromatic N) is 3. The first-order chi connectivity index (χ1) is 10.5. The third-order valence-corrected chi connectivity index (χ3v) is 4.05. The van der Waals surface area contributed by atoms with Crippen LogP contribution in [-0.4, -0.2) is 20.9 Å². The lowest BCUT2D eigenvalue weighted by molar-refractivity contribution is 0.492. The summed E-state index contributed by atoms with van der Waals surface area (Å²) in [7, 11) is 0. The van der Waals surface area contributed by atoms with E-state index in [9.17, 15) is 4.39 Å². The average Bonchev–Trinajstić information content (AvgIpc) is 2.94. The van der Waals surface area contributed by atoms with Gasteiger partial charge in [-0.2, -0.15) is 5.10 Å². The third kappa shape index (κ3) is 2.03. The topological polar surface area (TPSA) is 29.7 Å². The Morgan fingerprint density at radius 2 is 2.05 bits per heavy atom. The van der Waals surface area contributed by atoms with Crippen LogP contribution >= 0.6 is 0 Å². The molecule has 0 radical (unpaired) electrons. The molecule has 110 valence electrons. The largest absolute Gasteiger partial charge is 0.278 e. The molecule has 0 fully saturated rings. The van der Waals surface area contributed by atoms with Crippen molar-refractivity contribution < 1.29 is 4.39 Å². The molecule has 0 spiro atoms.